The summed E-state index contributed by atoms with van der Waals surface area (Å²) in [6.45, 7) is 6.12. The quantitative estimate of drug-likeness (QED) is 0.225. The van der Waals surface area contributed by atoms with Gasteiger partial charge >= 0.3 is 0 Å². The van der Waals surface area contributed by atoms with Gasteiger partial charge in [0.05, 0.1) is 13.2 Å². The van der Waals surface area contributed by atoms with Gasteiger partial charge in [0, 0.05) is 13.7 Å². The van der Waals surface area contributed by atoms with Crippen LogP contribution >= 0.6 is 0 Å². The zero-order chi connectivity index (χ0) is 12.1. The summed E-state index contributed by atoms with van der Waals surface area (Å²) in [5.74, 6) is 0. The first-order valence-corrected chi connectivity index (χ1v) is 6.23. The Morgan fingerprint density at radius 1 is 0.938 bits per heavy atom. The maximum Gasteiger partial charge on any atom is 0.157 e. The number of ether oxygens (including phenoxy) is 2. The van der Waals surface area contributed by atoms with Crippen molar-refractivity contribution in [2.45, 2.75) is 52.2 Å². The lowest BCUT2D eigenvalue weighted by Crippen LogP contribution is -2.15. The molecule has 0 N–H and O–H groups in total. The molecule has 0 bridgehead atoms. The highest BCUT2D eigenvalue weighted by atomic mass is 17.2. The molecule has 0 saturated carbocycles. The monoisotopic (exact) mass is 234 g/mol. The predicted octanol–water partition coefficient (Wildman–Crippen LogP) is 2.91. The van der Waals surface area contributed by atoms with Crippen molar-refractivity contribution >= 4 is 0 Å². The van der Waals surface area contributed by atoms with Crippen LogP contribution in [0, 0.1) is 0 Å². The molecule has 4 nitrogen and oxygen atoms in total. The minimum absolute atomic E-state index is 0.0778. The van der Waals surface area contributed by atoms with Crippen molar-refractivity contribution in [1.82, 2.24) is 0 Å². The summed E-state index contributed by atoms with van der Waals surface area (Å²) in [4.78, 5) is 10.0. The molecule has 4 heteroatoms. The Balaban J connectivity index is 3.12. The van der Waals surface area contributed by atoms with Crippen LogP contribution in [0.15, 0.2) is 0 Å². The smallest absolute Gasteiger partial charge is 0.157 e. The summed E-state index contributed by atoms with van der Waals surface area (Å²) >= 11 is 0. The SMILES string of the molecule is CCCCOOCCCCC(OC)OCC. The van der Waals surface area contributed by atoms with Gasteiger partial charge in [-0.25, -0.2) is 9.78 Å². The van der Waals surface area contributed by atoms with E-state index in [1.165, 1.54) is 0 Å². The molecule has 1 unspecified atom stereocenters. The van der Waals surface area contributed by atoms with Gasteiger partial charge in [0.25, 0.3) is 0 Å². The Hall–Kier alpha value is -0.160. The second-order valence-corrected chi connectivity index (χ2v) is 3.61. The lowest BCUT2D eigenvalue weighted by Gasteiger charge is -2.14. The Morgan fingerprint density at radius 3 is 2.19 bits per heavy atom. The molecule has 98 valence electrons. The highest BCUT2D eigenvalue weighted by Crippen LogP contribution is 2.06. The molecule has 0 aliphatic carbocycles. The number of methoxy groups -OCH3 is 1. The van der Waals surface area contributed by atoms with E-state index < -0.39 is 0 Å². The van der Waals surface area contributed by atoms with Gasteiger partial charge in [0.1, 0.15) is 0 Å². The van der Waals surface area contributed by atoms with Crippen molar-refractivity contribution in [1.29, 1.82) is 0 Å². The Kier molecular flexibility index (Phi) is 12.8. The first-order chi connectivity index (χ1) is 7.85. The van der Waals surface area contributed by atoms with Crippen LogP contribution in [-0.2, 0) is 19.2 Å². The summed E-state index contributed by atoms with van der Waals surface area (Å²) < 4.78 is 10.5. The topological polar surface area (TPSA) is 36.9 Å². The molecular weight excluding hydrogens is 208 g/mol. The van der Waals surface area contributed by atoms with Gasteiger partial charge in [-0.1, -0.05) is 13.3 Å². The van der Waals surface area contributed by atoms with Crippen LogP contribution in [-0.4, -0.2) is 33.2 Å². The van der Waals surface area contributed by atoms with E-state index in [9.17, 15) is 0 Å². The molecular formula is C12H26O4. The minimum atomic E-state index is -0.0778. The molecule has 0 aliphatic heterocycles. The van der Waals surface area contributed by atoms with Crippen LogP contribution < -0.4 is 0 Å². The van der Waals surface area contributed by atoms with Gasteiger partial charge in [-0.15, -0.1) is 0 Å². The van der Waals surface area contributed by atoms with Gasteiger partial charge in [-0.3, -0.25) is 0 Å². The minimum Gasteiger partial charge on any atom is -0.356 e. The molecule has 0 fully saturated rings. The second kappa shape index (κ2) is 12.9. The molecule has 0 aromatic rings. The fraction of sp³-hybridized carbons (Fsp3) is 1.00. The molecule has 16 heavy (non-hydrogen) atoms. The second-order valence-electron chi connectivity index (χ2n) is 3.61. The number of rotatable bonds is 12. The van der Waals surface area contributed by atoms with E-state index in [0.717, 1.165) is 32.1 Å². The largest absolute Gasteiger partial charge is 0.356 e. The summed E-state index contributed by atoms with van der Waals surface area (Å²) in [5, 5.41) is 0. The van der Waals surface area contributed by atoms with E-state index in [1.54, 1.807) is 7.11 Å². The first-order valence-electron chi connectivity index (χ1n) is 6.23. The molecule has 0 saturated heterocycles. The van der Waals surface area contributed by atoms with E-state index in [2.05, 4.69) is 6.92 Å². The third-order valence-corrected chi connectivity index (χ3v) is 2.20. The third kappa shape index (κ3) is 10.4. The maximum absolute atomic E-state index is 5.36. The van der Waals surface area contributed by atoms with Crippen LogP contribution in [0.1, 0.15) is 46.0 Å². The number of hydrogen-bond acceptors (Lipinski definition) is 4. The van der Waals surface area contributed by atoms with E-state index >= 15 is 0 Å². The Morgan fingerprint density at radius 2 is 1.62 bits per heavy atom. The van der Waals surface area contributed by atoms with E-state index in [4.69, 9.17) is 19.2 Å². The Bertz CT molecular complexity index is 130. The van der Waals surface area contributed by atoms with E-state index in [1.807, 2.05) is 6.92 Å². The summed E-state index contributed by atoms with van der Waals surface area (Å²) in [5.41, 5.74) is 0. The molecule has 0 heterocycles. The highest BCUT2D eigenvalue weighted by molar-refractivity contribution is 4.45. The van der Waals surface area contributed by atoms with Crippen molar-refractivity contribution in [3.05, 3.63) is 0 Å². The zero-order valence-electron chi connectivity index (χ0n) is 10.9. The van der Waals surface area contributed by atoms with Crippen molar-refractivity contribution < 1.29 is 19.2 Å². The fourth-order valence-corrected chi connectivity index (χ4v) is 1.25. The summed E-state index contributed by atoms with van der Waals surface area (Å²) in [7, 11) is 1.67. The molecule has 0 spiro atoms. The van der Waals surface area contributed by atoms with Crippen LogP contribution in [0.25, 0.3) is 0 Å². The van der Waals surface area contributed by atoms with Gasteiger partial charge in [-0.05, 0) is 32.6 Å². The van der Waals surface area contributed by atoms with Crippen LogP contribution in [0.5, 0.6) is 0 Å². The molecule has 0 aromatic carbocycles. The average molecular weight is 234 g/mol. The maximum atomic E-state index is 5.36. The summed E-state index contributed by atoms with van der Waals surface area (Å²) in [6.07, 6.45) is 5.01. The van der Waals surface area contributed by atoms with Crippen molar-refractivity contribution in [3.8, 4) is 0 Å². The number of hydrogen-bond donors (Lipinski definition) is 0. The zero-order valence-corrected chi connectivity index (χ0v) is 10.9. The molecule has 0 amide bonds. The van der Waals surface area contributed by atoms with Crippen LogP contribution in [0.3, 0.4) is 0 Å². The molecule has 0 aliphatic rings. The lowest BCUT2D eigenvalue weighted by atomic mass is 10.2. The first kappa shape index (κ1) is 15.8. The van der Waals surface area contributed by atoms with E-state index in [0.29, 0.717) is 19.8 Å². The van der Waals surface area contributed by atoms with Crippen molar-refractivity contribution in [3.63, 3.8) is 0 Å². The summed E-state index contributed by atoms with van der Waals surface area (Å²) in [6, 6.07) is 0. The lowest BCUT2D eigenvalue weighted by molar-refractivity contribution is -0.295. The van der Waals surface area contributed by atoms with Gasteiger partial charge in [0.15, 0.2) is 6.29 Å². The number of unbranched alkanes of at least 4 members (excludes halogenated alkanes) is 2. The van der Waals surface area contributed by atoms with Gasteiger partial charge in [-0.2, -0.15) is 0 Å². The highest BCUT2D eigenvalue weighted by Gasteiger charge is 2.05. The Labute approximate surface area is 99.1 Å². The molecule has 0 aromatic heterocycles. The van der Waals surface area contributed by atoms with E-state index in [-0.39, 0.29) is 6.29 Å². The van der Waals surface area contributed by atoms with Crippen molar-refractivity contribution in [2.75, 3.05) is 26.9 Å². The van der Waals surface area contributed by atoms with Crippen LogP contribution in [0.4, 0.5) is 0 Å². The molecule has 1 atom stereocenters. The van der Waals surface area contributed by atoms with Gasteiger partial charge in [0.2, 0.25) is 0 Å². The average Bonchev–Trinajstić information content (AvgIpc) is 2.31. The van der Waals surface area contributed by atoms with Crippen molar-refractivity contribution in [2.24, 2.45) is 0 Å². The molecule has 0 rings (SSSR count). The fourth-order valence-electron chi connectivity index (χ4n) is 1.25. The molecule has 0 radical (unpaired) electrons. The standard InChI is InChI=1S/C12H26O4/c1-4-6-10-15-16-11-8-7-9-12(13-3)14-5-2/h12H,4-11H2,1-3H3. The van der Waals surface area contributed by atoms with Crippen LogP contribution in [0.2, 0.25) is 0 Å². The third-order valence-electron chi connectivity index (χ3n) is 2.20. The normalized spacial score (nSPS) is 12.9. The predicted molar refractivity (Wildman–Crippen MR) is 63.1 cm³/mol. The van der Waals surface area contributed by atoms with Gasteiger partial charge < -0.3 is 9.47 Å².